The van der Waals surface area contributed by atoms with Crippen LogP contribution in [0, 0.1) is 0 Å². The molecule has 2 rings (SSSR count). The summed E-state index contributed by atoms with van der Waals surface area (Å²) < 4.78 is 18.6. The Morgan fingerprint density at radius 2 is 1.83 bits per heavy atom. The molecular formula is C20H30FN5O4. The van der Waals surface area contributed by atoms with Crippen molar-refractivity contribution in [3.8, 4) is 0 Å². The first-order valence-corrected chi connectivity index (χ1v) is 9.96. The summed E-state index contributed by atoms with van der Waals surface area (Å²) >= 11 is 0. The zero-order valence-corrected chi connectivity index (χ0v) is 17.8. The van der Waals surface area contributed by atoms with Gasteiger partial charge in [-0.25, -0.2) is 19.4 Å². The van der Waals surface area contributed by atoms with Gasteiger partial charge in [-0.15, -0.1) is 0 Å². The van der Waals surface area contributed by atoms with Gasteiger partial charge in [-0.05, 0) is 58.7 Å². The standard InChI is InChI=1S/C20H30FN5O4/c1-5-22-18(28)23-15-7-6-13(12-16(15)26-10-8-14(21)9-11-26)17(27)24-25-19(29)30-20(2,3)4/h6-7,12,14H,5,8-11H2,1-4H3,(H,24,27)(H,25,29)(H2,22,23,28). The molecule has 1 saturated heterocycles. The van der Waals surface area contributed by atoms with E-state index in [9.17, 15) is 18.8 Å². The molecule has 0 atom stereocenters. The van der Waals surface area contributed by atoms with Gasteiger partial charge in [0.25, 0.3) is 5.91 Å². The molecule has 0 saturated carbocycles. The van der Waals surface area contributed by atoms with Crippen LogP contribution in [0.4, 0.5) is 25.4 Å². The summed E-state index contributed by atoms with van der Waals surface area (Å²) in [6.45, 7) is 8.33. The Morgan fingerprint density at radius 3 is 2.43 bits per heavy atom. The summed E-state index contributed by atoms with van der Waals surface area (Å²) in [5.74, 6) is -0.549. The molecule has 166 valence electrons. The Kier molecular flexibility index (Phi) is 7.85. The molecular weight excluding hydrogens is 393 g/mol. The lowest BCUT2D eigenvalue weighted by atomic mass is 10.1. The second-order valence-corrected chi connectivity index (χ2v) is 7.96. The fourth-order valence-electron chi connectivity index (χ4n) is 2.94. The summed E-state index contributed by atoms with van der Waals surface area (Å²) in [5.41, 5.74) is 5.19. The van der Waals surface area contributed by atoms with Gasteiger partial charge >= 0.3 is 12.1 Å². The van der Waals surface area contributed by atoms with Crippen LogP contribution in [0.5, 0.6) is 0 Å². The molecule has 1 heterocycles. The quantitative estimate of drug-likeness (QED) is 0.557. The maximum absolute atomic E-state index is 13.6. The van der Waals surface area contributed by atoms with Gasteiger partial charge in [0.2, 0.25) is 0 Å². The number of carbonyl (C=O) groups excluding carboxylic acids is 3. The van der Waals surface area contributed by atoms with Crippen molar-refractivity contribution in [2.45, 2.75) is 52.3 Å². The smallest absolute Gasteiger partial charge is 0.426 e. The highest BCUT2D eigenvalue weighted by Gasteiger charge is 2.23. The first kappa shape index (κ1) is 23.2. The summed E-state index contributed by atoms with van der Waals surface area (Å²) in [5, 5.41) is 5.41. The van der Waals surface area contributed by atoms with Crippen LogP contribution in [-0.4, -0.2) is 49.4 Å². The van der Waals surface area contributed by atoms with Crippen molar-refractivity contribution in [3.63, 3.8) is 0 Å². The third-order valence-electron chi connectivity index (χ3n) is 4.29. The lowest BCUT2D eigenvalue weighted by Gasteiger charge is -2.32. The van der Waals surface area contributed by atoms with Crippen LogP contribution in [0.15, 0.2) is 18.2 Å². The molecule has 1 aliphatic rings. The summed E-state index contributed by atoms with van der Waals surface area (Å²) in [4.78, 5) is 38.1. The van der Waals surface area contributed by atoms with Crippen molar-refractivity contribution in [3.05, 3.63) is 23.8 Å². The molecule has 1 aliphatic heterocycles. The number of hydrogen-bond acceptors (Lipinski definition) is 5. The Morgan fingerprint density at radius 1 is 1.17 bits per heavy atom. The molecule has 1 aromatic carbocycles. The van der Waals surface area contributed by atoms with E-state index in [0.29, 0.717) is 43.9 Å². The first-order valence-electron chi connectivity index (χ1n) is 9.96. The second kappa shape index (κ2) is 10.1. The van der Waals surface area contributed by atoms with Gasteiger partial charge in [-0.1, -0.05) is 0 Å². The van der Waals surface area contributed by atoms with Gasteiger partial charge in [0.15, 0.2) is 0 Å². The van der Waals surface area contributed by atoms with Gasteiger partial charge in [-0.2, -0.15) is 0 Å². The van der Waals surface area contributed by atoms with Crippen LogP contribution in [0.1, 0.15) is 50.9 Å². The highest BCUT2D eigenvalue weighted by atomic mass is 19.1. The normalized spacial score (nSPS) is 14.6. The average Bonchev–Trinajstić information content (AvgIpc) is 2.66. The minimum absolute atomic E-state index is 0.268. The number of carbonyl (C=O) groups is 3. The van der Waals surface area contributed by atoms with Crippen molar-refractivity contribution in [2.75, 3.05) is 29.9 Å². The van der Waals surface area contributed by atoms with Crippen LogP contribution >= 0.6 is 0 Å². The number of urea groups is 1. The van der Waals surface area contributed by atoms with Crippen LogP contribution in [-0.2, 0) is 4.74 Å². The number of piperidine rings is 1. The number of hydrazine groups is 1. The molecule has 1 aromatic rings. The molecule has 0 radical (unpaired) electrons. The Bertz CT molecular complexity index is 773. The van der Waals surface area contributed by atoms with Crippen molar-refractivity contribution in [1.29, 1.82) is 0 Å². The summed E-state index contributed by atoms with van der Waals surface area (Å²) in [7, 11) is 0. The fourth-order valence-corrected chi connectivity index (χ4v) is 2.94. The number of amides is 4. The number of anilines is 2. The Hall–Kier alpha value is -3.04. The largest absolute Gasteiger partial charge is 0.443 e. The van der Waals surface area contributed by atoms with Crippen molar-refractivity contribution in [2.24, 2.45) is 0 Å². The van der Waals surface area contributed by atoms with E-state index in [1.807, 2.05) is 4.90 Å². The Labute approximate surface area is 175 Å². The van der Waals surface area contributed by atoms with E-state index in [1.165, 1.54) is 6.07 Å². The zero-order chi connectivity index (χ0) is 22.3. The number of ether oxygens (including phenoxy) is 1. The number of rotatable bonds is 4. The average molecular weight is 423 g/mol. The lowest BCUT2D eigenvalue weighted by molar-refractivity contribution is 0.0483. The minimum Gasteiger partial charge on any atom is -0.443 e. The van der Waals surface area contributed by atoms with Crippen LogP contribution in [0.25, 0.3) is 0 Å². The van der Waals surface area contributed by atoms with E-state index in [4.69, 9.17) is 4.74 Å². The monoisotopic (exact) mass is 423 g/mol. The second-order valence-electron chi connectivity index (χ2n) is 7.96. The molecule has 0 unspecified atom stereocenters. The summed E-state index contributed by atoms with van der Waals surface area (Å²) in [6.07, 6.45) is -0.893. The van der Waals surface area contributed by atoms with E-state index < -0.39 is 23.8 Å². The molecule has 0 spiro atoms. The number of halogens is 1. The van der Waals surface area contributed by atoms with Gasteiger partial charge in [0.05, 0.1) is 11.4 Å². The van der Waals surface area contributed by atoms with E-state index in [0.717, 1.165) is 0 Å². The number of benzene rings is 1. The molecule has 0 aromatic heterocycles. The topological polar surface area (TPSA) is 112 Å². The molecule has 4 N–H and O–H groups in total. The maximum atomic E-state index is 13.6. The lowest BCUT2D eigenvalue weighted by Crippen LogP contribution is -2.44. The summed E-state index contributed by atoms with van der Waals surface area (Å²) in [6, 6.07) is 4.36. The SMILES string of the molecule is CCNC(=O)Nc1ccc(C(=O)NNC(=O)OC(C)(C)C)cc1N1CCC(F)CC1. The number of alkyl halides is 1. The van der Waals surface area contributed by atoms with E-state index in [-0.39, 0.29) is 11.6 Å². The van der Waals surface area contributed by atoms with E-state index >= 15 is 0 Å². The molecule has 0 aliphatic carbocycles. The van der Waals surface area contributed by atoms with Crippen molar-refractivity contribution < 1.29 is 23.5 Å². The van der Waals surface area contributed by atoms with Crippen LogP contribution in [0.2, 0.25) is 0 Å². The van der Waals surface area contributed by atoms with Gasteiger partial charge in [0, 0.05) is 25.2 Å². The first-order chi connectivity index (χ1) is 14.1. The zero-order valence-electron chi connectivity index (χ0n) is 17.8. The van der Waals surface area contributed by atoms with Gasteiger partial charge in [-0.3, -0.25) is 10.2 Å². The molecule has 10 heteroatoms. The van der Waals surface area contributed by atoms with Crippen LogP contribution in [0.3, 0.4) is 0 Å². The highest BCUT2D eigenvalue weighted by molar-refractivity contribution is 5.99. The molecule has 0 bridgehead atoms. The predicted molar refractivity (Wildman–Crippen MR) is 112 cm³/mol. The fraction of sp³-hybridized carbons (Fsp3) is 0.550. The molecule has 4 amide bonds. The highest BCUT2D eigenvalue weighted by Crippen LogP contribution is 2.30. The molecule has 9 nitrogen and oxygen atoms in total. The minimum atomic E-state index is -0.856. The predicted octanol–water partition coefficient (Wildman–Crippen LogP) is 2.94. The maximum Gasteiger partial charge on any atom is 0.426 e. The van der Waals surface area contributed by atoms with E-state index in [1.54, 1.807) is 39.8 Å². The van der Waals surface area contributed by atoms with Gasteiger partial charge in [0.1, 0.15) is 11.8 Å². The van der Waals surface area contributed by atoms with Gasteiger partial charge < -0.3 is 20.3 Å². The van der Waals surface area contributed by atoms with Crippen molar-refractivity contribution >= 4 is 29.4 Å². The third kappa shape index (κ3) is 7.09. The Balaban J connectivity index is 2.16. The molecule has 30 heavy (non-hydrogen) atoms. The van der Waals surface area contributed by atoms with E-state index in [2.05, 4.69) is 21.5 Å². The third-order valence-corrected chi connectivity index (χ3v) is 4.29. The van der Waals surface area contributed by atoms with Crippen LogP contribution < -0.4 is 26.4 Å². The molecule has 1 fully saturated rings. The number of nitrogens with zero attached hydrogens (tertiary/aromatic N) is 1. The van der Waals surface area contributed by atoms with Crippen molar-refractivity contribution in [1.82, 2.24) is 16.2 Å². The number of nitrogens with one attached hydrogen (secondary N) is 4. The number of hydrogen-bond donors (Lipinski definition) is 4.